The molecule has 3 heteroatoms. The number of phenolic OH excluding ortho intramolecular Hbond substituents is 1. The third kappa shape index (κ3) is 1.86. The Morgan fingerprint density at radius 2 is 2.15 bits per heavy atom. The van der Waals surface area contributed by atoms with Gasteiger partial charge in [0.1, 0.15) is 5.75 Å². The summed E-state index contributed by atoms with van der Waals surface area (Å²) >= 11 is 3.28. The average molecular weight is 242 g/mol. The molecule has 0 heterocycles. The summed E-state index contributed by atoms with van der Waals surface area (Å²) in [6.07, 6.45) is 2.47. The summed E-state index contributed by atoms with van der Waals surface area (Å²) in [7, 11) is 0. The van der Waals surface area contributed by atoms with Crippen molar-refractivity contribution in [1.29, 1.82) is 0 Å². The van der Waals surface area contributed by atoms with E-state index in [0.29, 0.717) is 5.92 Å². The highest BCUT2D eigenvalue weighted by atomic mass is 79.9. The topological polar surface area (TPSA) is 46.2 Å². The van der Waals surface area contributed by atoms with E-state index in [9.17, 15) is 5.11 Å². The Morgan fingerprint density at radius 1 is 1.46 bits per heavy atom. The predicted octanol–water partition coefficient (Wildman–Crippen LogP) is 2.56. The number of hydrogen-bond donors (Lipinski definition) is 2. The summed E-state index contributed by atoms with van der Waals surface area (Å²) < 4.78 is 0.723. The molecule has 1 atom stereocenters. The van der Waals surface area contributed by atoms with E-state index in [1.807, 2.05) is 12.1 Å². The molecule has 1 saturated carbocycles. The third-order valence-electron chi connectivity index (χ3n) is 2.49. The van der Waals surface area contributed by atoms with Crippen LogP contribution in [0.5, 0.6) is 5.75 Å². The second kappa shape index (κ2) is 3.31. The van der Waals surface area contributed by atoms with Gasteiger partial charge in [0.25, 0.3) is 0 Å². The maximum Gasteiger partial charge on any atom is 0.129 e. The smallest absolute Gasteiger partial charge is 0.129 e. The monoisotopic (exact) mass is 241 g/mol. The van der Waals surface area contributed by atoms with Gasteiger partial charge in [-0.3, -0.25) is 0 Å². The first-order chi connectivity index (χ1) is 6.18. The SMILES string of the molecule is NC(c1ccc(O)c(Br)c1)C1CC1. The molecule has 1 unspecified atom stereocenters. The summed E-state index contributed by atoms with van der Waals surface area (Å²) in [6.45, 7) is 0. The molecule has 0 aromatic heterocycles. The van der Waals surface area contributed by atoms with Crippen molar-refractivity contribution < 1.29 is 5.11 Å². The number of hydrogen-bond acceptors (Lipinski definition) is 2. The van der Waals surface area contributed by atoms with Crippen LogP contribution in [0, 0.1) is 5.92 Å². The molecule has 1 aromatic rings. The van der Waals surface area contributed by atoms with Crippen molar-refractivity contribution in [2.45, 2.75) is 18.9 Å². The van der Waals surface area contributed by atoms with Gasteiger partial charge in [-0.1, -0.05) is 6.07 Å². The second-order valence-electron chi connectivity index (χ2n) is 3.57. The average Bonchev–Trinajstić information content (AvgIpc) is 2.91. The van der Waals surface area contributed by atoms with Crippen LogP contribution in [0.25, 0.3) is 0 Å². The maximum absolute atomic E-state index is 9.29. The minimum Gasteiger partial charge on any atom is -0.507 e. The lowest BCUT2D eigenvalue weighted by Crippen LogP contribution is -2.11. The molecular formula is C10H12BrNO. The number of aromatic hydroxyl groups is 1. The van der Waals surface area contributed by atoms with Crippen molar-refractivity contribution in [3.8, 4) is 5.75 Å². The molecule has 13 heavy (non-hydrogen) atoms. The van der Waals surface area contributed by atoms with Crippen molar-refractivity contribution >= 4 is 15.9 Å². The van der Waals surface area contributed by atoms with Gasteiger partial charge >= 0.3 is 0 Å². The number of nitrogens with two attached hydrogens (primary N) is 1. The number of halogens is 1. The lowest BCUT2D eigenvalue weighted by Gasteiger charge is -2.11. The molecule has 1 fully saturated rings. The fourth-order valence-corrected chi connectivity index (χ4v) is 1.85. The highest BCUT2D eigenvalue weighted by Crippen LogP contribution is 2.40. The summed E-state index contributed by atoms with van der Waals surface area (Å²) in [4.78, 5) is 0. The second-order valence-corrected chi connectivity index (χ2v) is 4.43. The Morgan fingerprint density at radius 3 is 2.69 bits per heavy atom. The first kappa shape index (κ1) is 9.03. The Balaban J connectivity index is 2.24. The van der Waals surface area contributed by atoms with Crippen LogP contribution in [0.15, 0.2) is 22.7 Å². The Bertz CT molecular complexity index is 323. The van der Waals surface area contributed by atoms with Crippen molar-refractivity contribution in [2.75, 3.05) is 0 Å². The molecule has 0 saturated heterocycles. The van der Waals surface area contributed by atoms with Gasteiger partial charge in [-0.25, -0.2) is 0 Å². The molecule has 70 valence electrons. The van der Waals surface area contributed by atoms with E-state index in [1.165, 1.54) is 12.8 Å². The minimum atomic E-state index is 0.136. The Hall–Kier alpha value is -0.540. The fourth-order valence-electron chi connectivity index (χ4n) is 1.46. The van der Waals surface area contributed by atoms with Crippen LogP contribution in [-0.4, -0.2) is 5.11 Å². The van der Waals surface area contributed by atoms with Gasteiger partial charge in [0.05, 0.1) is 4.47 Å². The van der Waals surface area contributed by atoms with Crippen LogP contribution < -0.4 is 5.73 Å². The van der Waals surface area contributed by atoms with Crippen molar-refractivity contribution in [3.05, 3.63) is 28.2 Å². The zero-order valence-corrected chi connectivity index (χ0v) is 8.79. The van der Waals surface area contributed by atoms with Crippen molar-refractivity contribution in [1.82, 2.24) is 0 Å². The third-order valence-corrected chi connectivity index (χ3v) is 3.12. The summed E-state index contributed by atoms with van der Waals surface area (Å²) in [6, 6.07) is 5.61. The molecule has 0 amide bonds. The van der Waals surface area contributed by atoms with Crippen molar-refractivity contribution in [2.24, 2.45) is 11.7 Å². The van der Waals surface area contributed by atoms with Gasteiger partial charge in [-0.05, 0) is 52.4 Å². The molecule has 2 rings (SSSR count). The zero-order chi connectivity index (χ0) is 9.42. The van der Waals surface area contributed by atoms with Crippen LogP contribution in [0.2, 0.25) is 0 Å². The number of benzene rings is 1. The quantitative estimate of drug-likeness (QED) is 0.837. The van der Waals surface area contributed by atoms with Crippen LogP contribution >= 0.6 is 15.9 Å². The number of phenols is 1. The van der Waals surface area contributed by atoms with Crippen LogP contribution in [0.3, 0.4) is 0 Å². The summed E-state index contributed by atoms with van der Waals surface area (Å²) in [5.41, 5.74) is 7.12. The van der Waals surface area contributed by atoms with E-state index < -0.39 is 0 Å². The van der Waals surface area contributed by atoms with Gasteiger partial charge < -0.3 is 10.8 Å². The van der Waals surface area contributed by atoms with Crippen LogP contribution in [-0.2, 0) is 0 Å². The first-order valence-electron chi connectivity index (χ1n) is 4.42. The van der Waals surface area contributed by atoms with Crippen LogP contribution in [0.1, 0.15) is 24.4 Å². The highest BCUT2D eigenvalue weighted by Gasteiger charge is 2.29. The predicted molar refractivity (Wildman–Crippen MR) is 55.5 cm³/mol. The highest BCUT2D eigenvalue weighted by molar-refractivity contribution is 9.10. The summed E-state index contributed by atoms with van der Waals surface area (Å²) in [5, 5.41) is 9.29. The van der Waals surface area contributed by atoms with Gasteiger partial charge in [-0.2, -0.15) is 0 Å². The fraction of sp³-hybridized carbons (Fsp3) is 0.400. The van der Waals surface area contributed by atoms with E-state index >= 15 is 0 Å². The summed E-state index contributed by atoms with van der Waals surface area (Å²) in [5.74, 6) is 0.920. The Labute approximate surface area is 85.9 Å². The zero-order valence-electron chi connectivity index (χ0n) is 7.20. The lowest BCUT2D eigenvalue weighted by atomic mass is 10.0. The van der Waals surface area contributed by atoms with E-state index in [0.717, 1.165) is 10.0 Å². The largest absolute Gasteiger partial charge is 0.507 e. The Kier molecular flexibility index (Phi) is 2.30. The molecule has 1 aliphatic carbocycles. The maximum atomic E-state index is 9.29. The van der Waals surface area contributed by atoms with Crippen LogP contribution in [0.4, 0.5) is 0 Å². The van der Waals surface area contributed by atoms with E-state index in [4.69, 9.17) is 5.73 Å². The lowest BCUT2D eigenvalue weighted by molar-refractivity contribution is 0.471. The molecular weight excluding hydrogens is 230 g/mol. The molecule has 0 aliphatic heterocycles. The van der Waals surface area contributed by atoms with E-state index in [-0.39, 0.29) is 11.8 Å². The van der Waals surface area contributed by atoms with Gasteiger partial charge in [-0.15, -0.1) is 0 Å². The molecule has 0 bridgehead atoms. The molecule has 0 spiro atoms. The normalized spacial score (nSPS) is 18.6. The van der Waals surface area contributed by atoms with Gasteiger partial charge in [0.2, 0.25) is 0 Å². The molecule has 3 N–H and O–H groups in total. The van der Waals surface area contributed by atoms with E-state index in [1.54, 1.807) is 6.07 Å². The molecule has 0 radical (unpaired) electrons. The van der Waals surface area contributed by atoms with Crippen molar-refractivity contribution in [3.63, 3.8) is 0 Å². The van der Waals surface area contributed by atoms with E-state index in [2.05, 4.69) is 15.9 Å². The standard InChI is InChI=1S/C10H12BrNO/c11-8-5-7(3-4-9(8)13)10(12)6-1-2-6/h3-6,10,13H,1-2,12H2. The van der Waals surface area contributed by atoms with Gasteiger partial charge in [0, 0.05) is 6.04 Å². The molecule has 2 nitrogen and oxygen atoms in total. The minimum absolute atomic E-state index is 0.136. The van der Waals surface area contributed by atoms with Gasteiger partial charge in [0.15, 0.2) is 0 Å². The first-order valence-corrected chi connectivity index (χ1v) is 5.22. The molecule has 1 aliphatic rings. The number of rotatable bonds is 2. The molecule has 1 aromatic carbocycles.